The fourth-order valence-corrected chi connectivity index (χ4v) is 5.07. The van der Waals surface area contributed by atoms with Gasteiger partial charge in [-0.2, -0.15) is 0 Å². The molecule has 6 nitrogen and oxygen atoms in total. The number of carbonyl (C=O) groups is 1. The van der Waals surface area contributed by atoms with Crippen molar-refractivity contribution in [2.24, 2.45) is 0 Å². The molecule has 0 spiro atoms. The molecule has 1 aromatic carbocycles. The zero-order chi connectivity index (χ0) is 25.1. The molecule has 1 heterocycles. The van der Waals surface area contributed by atoms with Crippen LogP contribution in [-0.4, -0.2) is 48.6 Å². The first-order valence-corrected chi connectivity index (χ1v) is 17.8. The molecule has 0 radical (unpaired) electrons. The third-order valence-electron chi connectivity index (χ3n) is 7.37. The van der Waals surface area contributed by atoms with E-state index in [9.17, 15) is 4.79 Å². The molecule has 8 heteroatoms. The van der Waals surface area contributed by atoms with Gasteiger partial charge in [-0.25, -0.2) is 4.79 Å². The zero-order valence-electron chi connectivity index (χ0n) is 22.3. The van der Waals surface area contributed by atoms with Crippen LogP contribution in [0.5, 0.6) is 5.75 Å². The van der Waals surface area contributed by atoms with E-state index in [1.165, 1.54) is 0 Å². The maximum absolute atomic E-state index is 11.9. The number of benzene rings is 1. The summed E-state index contributed by atoms with van der Waals surface area (Å²) in [7, 11) is -3.62. The van der Waals surface area contributed by atoms with Crippen LogP contribution in [0.4, 0.5) is 4.79 Å². The van der Waals surface area contributed by atoms with Crippen LogP contribution in [0.3, 0.4) is 0 Å². The van der Waals surface area contributed by atoms with Gasteiger partial charge in [0.2, 0.25) is 0 Å². The first-order valence-electron chi connectivity index (χ1n) is 12.0. The first kappa shape index (κ1) is 27.9. The van der Waals surface area contributed by atoms with Crippen LogP contribution in [0.1, 0.15) is 59.6 Å². The van der Waals surface area contributed by atoms with Gasteiger partial charge < -0.3 is 23.6 Å². The number of nitrogens with one attached hydrogen (secondary N) is 1. The molecule has 1 aliphatic heterocycles. The average molecular weight is 496 g/mol. The molecule has 0 unspecified atom stereocenters. The molecule has 1 amide bonds. The standard InChI is InChI=1S/C25H45NO5Si2/c1-24(2,3)32(7,8)29-17-11-16-28-20-14-12-19(13-15-20)22-21(26-23(27)31-22)18-30-33(9,10)25(4,5)6/h12-15,21-22H,11,16-18H2,1-10H3,(H,26,27)/q-2/t21-,22-/m0/s1. The molecule has 2 atom stereocenters. The Morgan fingerprint density at radius 3 is 1.97 bits per heavy atom. The number of alkyl carbamates (subject to hydrolysis) is 1. The molecule has 0 saturated carbocycles. The molecule has 2 rings (SSSR count). The summed E-state index contributed by atoms with van der Waals surface area (Å²) in [4.78, 5) is 11.9. The van der Waals surface area contributed by atoms with Gasteiger partial charge in [0.1, 0.15) is 5.75 Å². The van der Waals surface area contributed by atoms with Gasteiger partial charge >= 0.3 is 6.09 Å². The lowest BCUT2D eigenvalue weighted by atomic mass is 10.0. The quantitative estimate of drug-likeness (QED) is 0.291. The monoisotopic (exact) mass is 495 g/mol. The lowest BCUT2D eigenvalue weighted by Crippen LogP contribution is -2.45. The van der Waals surface area contributed by atoms with E-state index in [1.807, 2.05) is 24.3 Å². The molecule has 1 N–H and O–H groups in total. The lowest BCUT2D eigenvalue weighted by molar-refractivity contribution is 0.120. The normalized spacial score (nSPS) is 19.9. The molecule has 0 aromatic heterocycles. The van der Waals surface area contributed by atoms with Crippen molar-refractivity contribution in [2.75, 3.05) is 19.8 Å². The number of hydrogen-bond donors (Lipinski definition) is 1. The van der Waals surface area contributed by atoms with Gasteiger partial charge in [-0.15, -0.1) is 36.3 Å². The van der Waals surface area contributed by atoms with Crippen molar-refractivity contribution in [2.45, 2.75) is 96.4 Å². The molecule has 1 fully saturated rings. The molecule has 0 bridgehead atoms. The second-order valence-electron chi connectivity index (χ2n) is 12.0. The summed E-state index contributed by atoms with van der Waals surface area (Å²) < 4.78 is 24.0. The van der Waals surface area contributed by atoms with E-state index in [0.29, 0.717) is 19.8 Å². The fourth-order valence-electron chi connectivity index (χ4n) is 2.95. The SMILES string of the molecule is CC(C)(C)[Si-](C)(C)OCCCOc1ccc([C@@H]2OC(=O)N[C@H]2CO[Si-](C)(C)C(C)(C)C)cc1. The van der Waals surface area contributed by atoms with Crippen molar-refractivity contribution in [3.05, 3.63) is 29.8 Å². The number of hydrogen-bond acceptors (Lipinski definition) is 5. The number of rotatable bonds is 10. The Morgan fingerprint density at radius 1 is 0.879 bits per heavy atom. The third kappa shape index (κ3) is 7.57. The topological polar surface area (TPSA) is 66.0 Å². The average Bonchev–Trinajstić information content (AvgIpc) is 3.05. The predicted octanol–water partition coefficient (Wildman–Crippen LogP) is 6.65. The Bertz CT molecular complexity index is 781. The number of ether oxygens (including phenoxy) is 2. The Hall–Kier alpha value is -1.36. The van der Waals surface area contributed by atoms with Crippen molar-refractivity contribution in [1.29, 1.82) is 0 Å². The number of amides is 1. The summed E-state index contributed by atoms with van der Waals surface area (Å²) in [5.74, 6) is 0.803. The number of carbonyl (C=O) groups excluding carboxylic acids is 1. The lowest BCUT2D eigenvalue weighted by Gasteiger charge is -2.49. The van der Waals surface area contributed by atoms with Gasteiger partial charge in [0.15, 0.2) is 6.10 Å². The largest absolute Gasteiger partial charge is 0.564 e. The minimum absolute atomic E-state index is 0.112. The highest BCUT2D eigenvalue weighted by atomic mass is 28.4. The Labute approximate surface area is 203 Å². The molecule has 0 aliphatic carbocycles. The number of cyclic esters (lactones) is 1. The molecule has 190 valence electrons. The highest BCUT2D eigenvalue weighted by molar-refractivity contribution is 6.74. The van der Waals surface area contributed by atoms with Crippen LogP contribution in [-0.2, 0) is 13.6 Å². The zero-order valence-corrected chi connectivity index (χ0v) is 24.3. The van der Waals surface area contributed by atoms with E-state index in [4.69, 9.17) is 18.3 Å². The van der Waals surface area contributed by atoms with Crippen molar-refractivity contribution in [1.82, 2.24) is 5.32 Å². The fraction of sp³-hybridized carbons (Fsp3) is 0.720. The van der Waals surface area contributed by atoms with Crippen LogP contribution in [0.25, 0.3) is 0 Å². The van der Waals surface area contributed by atoms with Crippen molar-refractivity contribution >= 4 is 22.7 Å². The van der Waals surface area contributed by atoms with Crippen LogP contribution in [0, 0.1) is 0 Å². The second kappa shape index (κ2) is 10.5. The van der Waals surface area contributed by atoms with Gasteiger partial charge in [0.05, 0.1) is 12.6 Å². The van der Waals surface area contributed by atoms with Gasteiger partial charge in [0, 0.05) is 19.6 Å². The van der Waals surface area contributed by atoms with E-state index < -0.39 is 22.7 Å². The molecular weight excluding hydrogens is 450 g/mol. The van der Waals surface area contributed by atoms with Crippen LogP contribution in [0.2, 0.25) is 36.3 Å². The van der Waals surface area contributed by atoms with Crippen molar-refractivity contribution in [3.8, 4) is 5.75 Å². The summed E-state index contributed by atoms with van der Waals surface area (Å²) in [5, 5.41) is 3.24. The van der Waals surface area contributed by atoms with E-state index >= 15 is 0 Å². The Morgan fingerprint density at radius 2 is 1.42 bits per heavy atom. The van der Waals surface area contributed by atoms with Crippen molar-refractivity contribution in [3.63, 3.8) is 0 Å². The second-order valence-corrected chi connectivity index (χ2v) is 21.6. The highest BCUT2D eigenvalue weighted by Gasteiger charge is 2.36. The summed E-state index contributed by atoms with van der Waals surface area (Å²) >= 11 is 0. The van der Waals surface area contributed by atoms with Gasteiger partial charge in [0.25, 0.3) is 0 Å². The summed E-state index contributed by atoms with van der Waals surface area (Å²) in [6.07, 6.45) is 0.0888. The molecule has 1 aromatic rings. The smallest absolute Gasteiger partial charge is 0.408 e. The maximum atomic E-state index is 11.9. The minimum atomic E-state index is -1.91. The van der Waals surface area contributed by atoms with Crippen LogP contribution in [0.15, 0.2) is 24.3 Å². The highest BCUT2D eigenvalue weighted by Crippen LogP contribution is 2.38. The molecule has 1 aliphatic rings. The minimum Gasteiger partial charge on any atom is -0.564 e. The maximum Gasteiger partial charge on any atom is 0.408 e. The van der Waals surface area contributed by atoms with Gasteiger partial charge in [-0.3, -0.25) is 0 Å². The van der Waals surface area contributed by atoms with Gasteiger partial charge in [-0.05, 0) is 34.3 Å². The summed E-state index contributed by atoms with van der Waals surface area (Å²) in [5.41, 5.74) is 0.936. The molecule has 33 heavy (non-hydrogen) atoms. The summed E-state index contributed by atoms with van der Waals surface area (Å²) in [6, 6.07) is 7.59. The third-order valence-corrected chi connectivity index (χ3v) is 16.4. The molecule has 1 saturated heterocycles. The van der Waals surface area contributed by atoms with Crippen LogP contribution < -0.4 is 10.1 Å². The Kier molecular flexibility index (Phi) is 8.87. The molecular formula is C25H45NO5Si2-2. The first-order chi connectivity index (χ1) is 15.0. The predicted molar refractivity (Wildman–Crippen MR) is 139 cm³/mol. The van der Waals surface area contributed by atoms with E-state index in [0.717, 1.165) is 17.7 Å². The van der Waals surface area contributed by atoms with E-state index in [1.54, 1.807) is 0 Å². The van der Waals surface area contributed by atoms with Crippen molar-refractivity contribution < 1.29 is 23.1 Å². The Balaban J connectivity index is 1.87. The van der Waals surface area contributed by atoms with Crippen LogP contribution >= 0.6 is 0 Å². The summed E-state index contributed by atoms with van der Waals surface area (Å²) in [6.45, 7) is 24.1. The van der Waals surface area contributed by atoms with E-state index in [-0.39, 0.29) is 22.2 Å². The van der Waals surface area contributed by atoms with Gasteiger partial charge in [-0.1, -0.05) is 53.7 Å². The van der Waals surface area contributed by atoms with E-state index in [2.05, 4.69) is 73.0 Å².